The average Bonchev–Trinajstić information content (AvgIpc) is 3.18. The molecule has 0 saturated carbocycles. The molecule has 4 rings (SSSR count). The Labute approximate surface area is 315 Å². The molecule has 0 aliphatic rings. The van der Waals surface area contributed by atoms with Gasteiger partial charge in [0.2, 0.25) is 0 Å². The van der Waals surface area contributed by atoms with Gasteiger partial charge in [0, 0.05) is 25.5 Å². The van der Waals surface area contributed by atoms with Crippen LogP contribution in [0.2, 0.25) is 0 Å². The third-order valence-corrected chi connectivity index (χ3v) is 8.45. The monoisotopic (exact) mass is 718 g/mol. The van der Waals surface area contributed by atoms with E-state index in [0.717, 1.165) is 74.2 Å². The Kier molecular flexibility index (Phi) is 18.4. The van der Waals surface area contributed by atoms with Gasteiger partial charge in [-0.25, -0.2) is 9.59 Å². The molecule has 53 heavy (non-hydrogen) atoms. The highest BCUT2D eigenvalue weighted by Crippen LogP contribution is 2.19. The van der Waals surface area contributed by atoms with Crippen molar-refractivity contribution in [2.75, 3.05) is 26.3 Å². The van der Waals surface area contributed by atoms with Gasteiger partial charge in [-0.05, 0) is 134 Å². The summed E-state index contributed by atoms with van der Waals surface area (Å²) in [5, 5.41) is 0. The van der Waals surface area contributed by atoms with Crippen molar-refractivity contribution in [2.24, 2.45) is 9.98 Å². The summed E-state index contributed by atoms with van der Waals surface area (Å²) in [6.45, 7) is 7.19. The second-order valence-corrected chi connectivity index (χ2v) is 12.9. The van der Waals surface area contributed by atoms with E-state index in [1.807, 2.05) is 36.7 Å². The summed E-state index contributed by atoms with van der Waals surface area (Å²) in [7, 11) is 0. The van der Waals surface area contributed by atoms with E-state index in [1.54, 1.807) is 72.8 Å². The fourth-order valence-corrected chi connectivity index (χ4v) is 5.25. The second-order valence-electron chi connectivity index (χ2n) is 12.9. The molecule has 0 amide bonds. The Morgan fingerprint density at radius 2 is 0.792 bits per heavy atom. The maximum atomic E-state index is 12.5. The molecule has 0 aliphatic heterocycles. The molecule has 0 fully saturated rings. The number of ether oxygens (including phenoxy) is 4. The lowest BCUT2D eigenvalue weighted by Crippen LogP contribution is -2.08. The summed E-state index contributed by atoms with van der Waals surface area (Å²) < 4.78 is 22.3. The van der Waals surface area contributed by atoms with Crippen LogP contribution < -0.4 is 18.9 Å². The number of hydrogen-bond donors (Lipinski definition) is 0. The maximum Gasteiger partial charge on any atom is 0.343 e. The van der Waals surface area contributed by atoms with Gasteiger partial charge in [-0.15, -0.1) is 0 Å². The van der Waals surface area contributed by atoms with Crippen LogP contribution in [0, 0.1) is 0 Å². The van der Waals surface area contributed by atoms with Gasteiger partial charge in [-0.3, -0.25) is 9.98 Å². The van der Waals surface area contributed by atoms with E-state index in [0.29, 0.717) is 35.8 Å². The zero-order valence-electron chi connectivity index (χ0n) is 31.3. The minimum Gasteiger partial charge on any atom is -0.494 e. The van der Waals surface area contributed by atoms with Crippen molar-refractivity contribution in [3.8, 4) is 23.0 Å². The van der Waals surface area contributed by atoms with Gasteiger partial charge >= 0.3 is 11.9 Å². The van der Waals surface area contributed by atoms with Crippen LogP contribution in [-0.4, -0.2) is 50.7 Å². The SMILES string of the molecule is CCCCOc1ccc(C(=O)Oc2ccc(C=NCCCCCCCCCN=Cc3ccc(OC(=O)c4ccc(OCCCC)cc4)cc3)cc2)cc1. The number of aliphatic imine (C=N–C) groups is 2. The molecule has 0 heterocycles. The van der Waals surface area contributed by atoms with Gasteiger partial charge < -0.3 is 18.9 Å². The first-order chi connectivity index (χ1) is 26.0. The number of unbranched alkanes of at least 4 members (excludes halogenated alkanes) is 8. The number of nitrogens with zero attached hydrogens (tertiary/aromatic N) is 2. The largest absolute Gasteiger partial charge is 0.494 e. The molecule has 8 heteroatoms. The second kappa shape index (κ2) is 24.1. The highest BCUT2D eigenvalue weighted by molar-refractivity contribution is 5.92. The van der Waals surface area contributed by atoms with E-state index in [4.69, 9.17) is 18.9 Å². The molecule has 280 valence electrons. The summed E-state index contributed by atoms with van der Waals surface area (Å²) in [4.78, 5) is 34.1. The standard InChI is InChI=1S/C45H54N2O6/c1-3-5-32-50-40-26-18-38(19-27-40)44(48)52-42-22-14-36(15-23-42)34-46-30-12-10-8-7-9-11-13-31-47-35-37-16-24-43(25-17-37)53-45(49)39-20-28-41(29-21-39)51-33-6-4-2/h14-29,34-35H,3-13,30-33H2,1-2H3. The number of carbonyl (C=O) groups excluding carboxylic acids is 2. The van der Waals surface area contributed by atoms with Crippen molar-refractivity contribution < 1.29 is 28.5 Å². The Bertz CT molecular complexity index is 1550. The third kappa shape index (κ3) is 15.9. The van der Waals surface area contributed by atoms with Crippen LogP contribution in [-0.2, 0) is 0 Å². The Balaban J connectivity index is 0.997. The number of rotatable bonds is 24. The van der Waals surface area contributed by atoms with Crippen LogP contribution >= 0.6 is 0 Å². The molecule has 0 spiro atoms. The molecular formula is C45H54N2O6. The molecule has 4 aromatic carbocycles. The Morgan fingerprint density at radius 1 is 0.453 bits per heavy atom. The van der Waals surface area contributed by atoms with E-state index < -0.39 is 11.9 Å². The first-order valence-corrected chi connectivity index (χ1v) is 19.1. The van der Waals surface area contributed by atoms with Crippen LogP contribution in [0.25, 0.3) is 0 Å². The maximum absolute atomic E-state index is 12.5. The molecule has 4 aromatic rings. The zero-order valence-corrected chi connectivity index (χ0v) is 31.3. The zero-order chi connectivity index (χ0) is 37.4. The van der Waals surface area contributed by atoms with E-state index >= 15 is 0 Å². The highest BCUT2D eigenvalue weighted by atomic mass is 16.5. The molecule has 0 aliphatic carbocycles. The number of hydrogen-bond acceptors (Lipinski definition) is 8. The van der Waals surface area contributed by atoms with E-state index in [1.165, 1.54) is 32.1 Å². The van der Waals surface area contributed by atoms with Crippen LogP contribution in [0.1, 0.15) is 116 Å². The molecule has 0 atom stereocenters. The minimum absolute atomic E-state index is 0.395. The molecular weight excluding hydrogens is 665 g/mol. The van der Waals surface area contributed by atoms with Gasteiger partial charge in [-0.1, -0.05) is 58.8 Å². The van der Waals surface area contributed by atoms with Crippen molar-refractivity contribution in [2.45, 2.75) is 84.5 Å². The lowest BCUT2D eigenvalue weighted by Gasteiger charge is -2.07. The highest BCUT2D eigenvalue weighted by Gasteiger charge is 2.10. The summed E-state index contributed by atoms with van der Waals surface area (Å²) >= 11 is 0. The quantitative estimate of drug-likeness (QED) is 0.0310. The van der Waals surface area contributed by atoms with Crippen LogP contribution in [0.4, 0.5) is 0 Å². The van der Waals surface area contributed by atoms with Crippen LogP contribution in [0.15, 0.2) is 107 Å². The predicted molar refractivity (Wildman–Crippen MR) is 214 cm³/mol. The van der Waals surface area contributed by atoms with Crippen molar-refractivity contribution in [1.29, 1.82) is 0 Å². The van der Waals surface area contributed by atoms with Gasteiger partial charge in [0.15, 0.2) is 0 Å². The molecule has 0 bridgehead atoms. The number of benzene rings is 4. The van der Waals surface area contributed by atoms with Crippen molar-refractivity contribution in [3.05, 3.63) is 119 Å². The third-order valence-electron chi connectivity index (χ3n) is 8.45. The van der Waals surface area contributed by atoms with E-state index in [2.05, 4.69) is 23.8 Å². The smallest absolute Gasteiger partial charge is 0.343 e. The first kappa shape index (κ1) is 40.5. The number of esters is 2. The molecule has 0 saturated heterocycles. The number of carbonyl (C=O) groups is 2. The Hall–Kier alpha value is -5.24. The molecule has 0 N–H and O–H groups in total. The van der Waals surface area contributed by atoms with Gasteiger partial charge in [0.05, 0.1) is 24.3 Å². The topological polar surface area (TPSA) is 95.8 Å². The summed E-state index contributed by atoms with van der Waals surface area (Å²) in [6, 6.07) is 28.9. The van der Waals surface area contributed by atoms with Crippen molar-refractivity contribution in [1.82, 2.24) is 0 Å². The van der Waals surface area contributed by atoms with Crippen LogP contribution in [0.3, 0.4) is 0 Å². The van der Waals surface area contributed by atoms with Gasteiger partial charge in [0.25, 0.3) is 0 Å². The first-order valence-electron chi connectivity index (χ1n) is 19.1. The van der Waals surface area contributed by atoms with Crippen molar-refractivity contribution in [3.63, 3.8) is 0 Å². The lowest BCUT2D eigenvalue weighted by atomic mass is 10.1. The normalized spacial score (nSPS) is 11.2. The summed E-state index contributed by atoms with van der Waals surface area (Å²) in [6.07, 6.45) is 16.0. The Morgan fingerprint density at radius 3 is 1.15 bits per heavy atom. The molecule has 0 aromatic heterocycles. The van der Waals surface area contributed by atoms with Gasteiger partial charge in [-0.2, -0.15) is 0 Å². The molecule has 8 nitrogen and oxygen atoms in total. The van der Waals surface area contributed by atoms with Crippen molar-refractivity contribution >= 4 is 24.4 Å². The average molecular weight is 719 g/mol. The fourth-order valence-electron chi connectivity index (χ4n) is 5.25. The predicted octanol–water partition coefficient (Wildman–Crippen LogP) is 10.8. The molecule has 0 radical (unpaired) electrons. The summed E-state index contributed by atoms with van der Waals surface area (Å²) in [5.74, 6) is 1.72. The van der Waals surface area contributed by atoms with Gasteiger partial charge in [0.1, 0.15) is 23.0 Å². The molecule has 0 unspecified atom stereocenters. The lowest BCUT2D eigenvalue weighted by molar-refractivity contribution is 0.0725. The van der Waals surface area contributed by atoms with E-state index in [9.17, 15) is 9.59 Å². The summed E-state index contributed by atoms with van der Waals surface area (Å²) in [5.41, 5.74) is 2.92. The van der Waals surface area contributed by atoms with Crippen LogP contribution in [0.5, 0.6) is 23.0 Å². The minimum atomic E-state index is -0.395. The van der Waals surface area contributed by atoms with E-state index in [-0.39, 0.29) is 0 Å². The fraction of sp³-hybridized carbons (Fsp3) is 0.378.